The Kier molecular flexibility index (Phi) is 5.10. The third kappa shape index (κ3) is 4.40. The highest BCUT2D eigenvalue weighted by molar-refractivity contribution is 5.97. The van der Waals surface area contributed by atoms with E-state index in [1.165, 1.54) is 0 Å². The average molecular weight is 251 g/mol. The summed E-state index contributed by atoms with van der Waals surface area (Å²) in [7, 11) is 0. The number of aliphatic carboxylic acids is 1. The maximum atomic E-state index is 11.2. The number of nitrogens with zero attached hydrogens (tertiary/aromatic N) is 1. The number of anilines is 1. The molecule has 1 heterocycles. The number of hydrogen-bond acceptors (Lipinski definition) is 4. The molecule has 0 aliphatic carbocycles. The van der Waals surface area contributed by atoms with Crippen molar-refractivity contribution in [3.63, 3.8) is 0 Å². The molecule has 1 aromatic rings. The van der Waals surface area contributed by atoms with Crippen molar-refractivity contribution in [1.29, 1.82) is 0 Å². The number of aromatic nitrogens is 1. The van der Waals surface area contributed by atoms with E-state index in [0.717, 1.165) is 5.69 Å². The van der Waals surface area contributed by atoms with Crippen LogP contribution in [0.25, 0.3) is 0 Å². The van der Waals surface area contributed by atoms with E-state index in [4.69, 9.17) is 10.8 Å². The van der Waals surface area contributed by atoms with E-state index in [-0.39, 0.29) is 6.42 Å². The van der Waals surface area contributed by atoms with Gasteiger partial charge in [0, 0.05) is 18.7 Å². The van der Waals surface area contributed by atoms with Crippen molar-refractivity contribution in [3.05, 3.63) is 23.4 Å². The van der Waals surface area contributed by atoms with Crippen LogP contribution in [0.1, 0.15) is 35.3 Å². The smallest absolute Gasteiger partial charge is 0.303 e. The van der Waals surface area contributed by atoms with Crippen molar-refractivity contribution >= 4 is 17.7 Å². The van der Waals surface area contributed by atoms with E-state index in [1.54, 1.807) is 12.1 Å². The molecule has 0 aliphatic rings. The summed E-state index contributed by atoms with van der Waals surface area (Å²) in [5.41, 5.74) is 6.37. The highest BCUT2D eigenvalue weighted by Gasteiger charge is 2.09. The lowest BCUT2D eigenvalue weighted by Gasteiger charge is -2.09. The van der Waals surface area contributed by atoms with Crippen LogP contribution in [0.3, 0.4) is 0 Å². The van der Waals surface area contributed by atoms with Crippen LogP contribution >= 0.6 is 0 Å². The molecule has 98 valence electrons. The first-order chi connectivity index (χ1) is 8.50. The van der Waals surface area contributed by atoms with Crippen molar-refractivity contribution in [2.24, 2.45) is 5.73 Å². The second-order valence-electron chi connectivity index (χ2n) is 3.99. The number of unbranched alkanes of at least 4 members (excludes halogenated alkanes) is 1. The quantitative estimate of drug-likeness (QED) is 0.630. The molecule has 0 saturated heterocycles. The topological polar surface area (TPSA) is 105 Å². The standard InChI is InChI=1S/C12H17N3O3/c1-8-5-6-9(11(13)18)12(15-8)14-7-3-2-4-10(16)17/h5-6H,2-4,7H2,1H3,(H2,13,18)(H,14,15)(H,16,17). The largest absolute Gasteiger partial charge is 0.481 e. The third-order valence-electron chi connectivity index (χ3n) is 2.41. The van der Waals surface area contributed by atoms with Gasteiger partial charge in [0.15, 0.2) is 0 Å². The minimum atomic E-state index is -0.804. The summed E-state index contributed by atoms with van der Waals surface area (Å²) in [5, 5.41) is 11.5. The minimum absolute atomic E-state index is 0.144. The van der Waals surface area contributed by atoms with Crippen LogP contribution < -0.4 is 11.1 Å². The summed E-state index contributed by atoms with van der Waals surface area (Å²) in [6.07, 6.45) is 1.42. The first-order valence-corrected chi connectivity index (χ1v) is 5.74. The number of primary amides is 1. The number of carbonyl (C=O) groups excluding carboxylic acids is 1. The van der Waals surface area contributed by atoms with Crippen molar-refractivity contribution in [2.45, 2.75) is 26.2 Å². The predicted octanol–water partition coefficient (Wildman–Crippen LogP) is 1.16. The van der Waals surface area contributed by atoms with E-state index in [2.05, 4.69) is 10.3 Å². The zero-order valence-electron chi connectivity index (χ0n) is 10.3. The molecule has 6 heteroatoms. The highest BCUT2D eigenvalue weighted by Crippen LogP contribution is 2.13. The van der Waals surface area contributed by atoms with Crippen molar-refractivity contribution in [3.8, 4) is 0 Å². The van der Waals surface area contributed by atoms with Crippen LogP contribution in [0.4, 0.5) is 5.82 Å². The van der Waals surface area contributed by atoms with Gasteiger partial charge in [-0.25, -0.2) is 4.98 Å². The molecule has 0 aromatic carbocycles. The molecular formula is C12H17N3O3. The molecule has 1 amide bonds. The molecule has 4 N–H and O–H groups in total. The Morgan fingerprint density at radius 2 is 2.11 bits per heavy atom. The summed E-state index contributed by atoms with van der Waals surface area (Å²) in [6, 6.07) is 3.35. The van der Waals surface area contributed by atoms with Gasteiger partial charge in [-0.2, -0.15) is 0 Å². The van der Waals surface area contributed by atoms with Crippen molar-refractivity contribution < 1.29 is 14.7 Å². The Balaban J connectivity index is 2.53. The lowest BCUT2D eigenvalue weighted by molar-refractivity contribution is -0.137. The van der Waals surface area contributed by atoms with Gasteiger partial charge in [-0.3, -0.25) is 9.59 Å². The van der Waals surface area contributed by atoms with Gasteiger partial charge in [-0.15, -0.1) is 0 Å². The van der Waals surface area contributed by atoms with Gasteiger partial charge in [0.2, 0.25) is 0 Å². The summed E-state index contributed by atoms with van der Waals surface area (Å²) in [6.45, 7) is 2.38. The molecule has 0 radical (unpaired) electrons. The molecule has 0 atom stereocenters. The lowest BCUT2D eigenvalue weighted by atomic mass is 10.2. The van der Waals surface area contributed by atoms with Crippen LogP contribution in [0, 0.1) is 6.92 Å². The first-order valence-electron chi connectivity index (χ1n) is 5.74. The highest BCUT2D eigenvalue weighted by atomic mass is 16.4. The third-order valence-corrected chi connectivity index (χ3v) is 2.41. The molecule has 1 rings (SSSR count). The molecule has 0 fully saturated rings. The van der Waals surface area contributed by atoms with E-state index in [0.29, 0.717) is 30.8 Å². The number of amides is 1. The fourth-order valence-electron chi connectivity index (χ4n) is 1.50. The normalized spacial score (nSPS) is 10.1. The Labute approximate surface area is 105 Å². The maximum absolute atomic E-state index is 11.2. The number of carboxylic acid groups (broad SMARTS) is 1. The Hall–Kier alpha value is -2.11. The molecule has 0 bridgehead atoms. The van der Waals surface area contributed by atoms with Gasteiger partial charge in [0.25, 0.3) is 5.91 Å². The maximum Gasteiger partial charge on any atom is 0.303 e. The SMILES string of the molecule is Cc1ccc(C(N)=O)c(NCCCCC(=O)O)n1. The summed E-state index contributed by atoms with van der Waals surface area (Å²) in [4.78, 5) is 25.7. The van der Waals surface area contributed by atoms with Gasteiger partial charge in [0.05, 0.1) is 5.56 Å². The number of pyridine rings is 1. The van der Waals surface area contributed by atoms with Crippen LogP contribution in [-0.4, -0.2) is 28.5 Å². The minimum Gasteiger partial charge on any atom is -0.481 e. The number of rotatable bonds is 7. The molecule has 1 aromatic heterocycles. The number of aryl methyl sites for hydroxylation is 1. The molecule has 0 saturated carbocycles. The Morgan fingerprint density at radius 3 is 2.72 bits per heavy atom. The molecular weight excluding hydrogens is 234 g/mol. The van der Waals surface area contributed by atoms with E-state index in [9.17, 15) is 9.59 Å². The molecule has 6 nitrogen and oxygen atoms in total. The monoisotopic (exact) mass is 251 g/mol. The van der Waals surface area contributed by atoms with Gasteiger partial charge < -0.3 is 16.2 Å². The van der Waals surface area contributed by atoms with Crippen LogP contribution in [-0.2, 0) is 4.79 Å². The number of nitrogens with two attached hydrogens (primary N) is 1. The van der Waals surface area contributed by atoms with Gasteiger partial charge in [0.1, 0.15) is 5.82 Å². The molecule has 18 heavy (non-hydrogen) atoms. The summed E-state index contributed by atoms with van der Waals surface area (Å²) >= 11 is 0. The zero-order chi connectivity index (χ0) is 13.5. The second kappa shape index (κ2) is 6.58. The number of carboxylic acids is 1. The van der Waals surface area contributed by atoms with Gasteiger partial charge >= 0.3 is 5.97 Å². The first kappa shape index (κ1) is 14.0. The fraction of sp³-hybridized carbons (Fsp3) is 0.417. The average Bonchev–Trinajstić information content (AvgIpc) is 2.27. The number of carbonyl (C=O) groups is 2. The number of hydrogen-bond donors (Lipinski definition) is 3. The fourth-order valence-corrected chi connectivity index (χ4v) is 1.50. The van der Waals surface area contributed by atoms with Crippen LogP contribution in [0.15, 0.2) is 12.1 Å². The Morgan fingerprint density at radius 1 is 1.39 bits per heavy atom. The molecule has 0 unspecified atom stereocenters. The second-order valence-corrected chi connectivity index (χ2v) is 3.99. The Bertz CT molecular complexity index is 446. The predicted molar refractivity (Wildman–Crippen MR) is 67.5 cm³/mol. The summed E-state index contributed by atoms with van der Waals surface area (Å²) in [5.74, 6) is -0.880. The lowest BCUT2D eigenvalue weighted by Crippen LogP contribution is -2.16. The van der Waals surface area contributed by atoms with Crippen molar-refractivity contribution in [2.75, 3.05) is 11.9 Å². The van der Waals surface area contributed by atoms with E-state index < -0.39 is 11.9 Å². The van der Waals surface area contributed by atoms with Crippen LogP contribution in [0.2, 0.25) is 0 Å². The van der Waals surface area contributed by atoms with E-state index >= 15 is 0 Å². The summed E-state index contributed by atoms with van der Waals surface area (Å²) < 4.78 is 0. The van der Waals surface area contributed by atoms with Gasteiger partial charge in [-0.1, -0.05) is 0 Å². The van der Waals surface area contributed by atoms with Crippen molar-refractivity contribution in [1.82, 2.24) is 4.98 Å². The molecule has 0 aliphatic heterocycles. The van der Waals surface area contributed by atoms with Gasteiger partial charge in [-0.05, 0) is 31.9 Å². The molecule has 0 spiro atoms. The van der Waals surface area contributed by atoms with Crippen LogP contribution in [0.5, 0.6) is 0 Å². The number of nitrogens with one attached hydrogen (secondary N) is 1. The van der Waals surface area contributed by atoms with E-state index in [1.807, 2.05) is 6.92 Å². The zero-order valence-corrected chi connectivity index (χ0v) is 10.3.